The lowest BCUT2D eigenvalue weighted by molar-refractivity contribution is -0.124. The molecule has 0 saturated carbocycles. The third-order valence-corrected chi connectivity index (χ3v) is 5.49. The Morgan fingerprint density at radius 2 is 2.04 bits per heavy atom. The highest BCUT2D eigenvalue weighted by atomic mass is 16.5. The number of hydrogen-bond acceptors (Lipinski definition) is 3. The molecule has 4 rings (SSSR count). The van der Waals surface area contributed by atoms with Crippen LogP contribution >= 0.6 is 0 Å². The molecule has 2 aliphatic rings. The van der Waals surface area contributed by atoms with E-state index in [1.165, 1.54) is 33.9 Å². The van der Waals surface area contributed by atoms with E-state index in [9.17, 15) is 4.79 Å². The summed E-state index contributed by atoms with van der Waals surface area (Å²) >= 11 is 0. The molecular formula is C23H24N2O2. The Morgan fingerprint density at radius 1 is 1.15 bits per heavy atom. The summed E-state index contributed by atoms with van der Waals surface area (Å²) < 4.78 is 0. The zero-order valence-electron chi connectivity index (χ0n) is 15.3. The van der Waals surface area contributed by atoms with E-state index in [2.05, 4.69) is 47.4 Å². The topological polar surface area (TPSA) is 52.6 Å². The summed E-state index contributed by atoms with van der Waals surface area (Å²) in [5, 5.41) is 8.59. The summed E-state index contributed by atoms with van der Waals surface area (Å²) in [6.45, 7) is 3.09. The van der Waals surface area contributed by atoms with Gasteiger partial charge < -0.3 is 0 Å². The Bertz CT molecular complexity index is 914. The average Bonchev–Trinajstić information content (AvgIpc) is 3.13. The first kappa shape index (κ1) is 17.7. The summed E-state index contributed by atoms with van der Waals surface area (Å²) in [6, 6.07) is 15.0. The fourth-order valence-electron chi connectivity index (χ4n) is 4.01. The highest BCUT2D eigenvalue weighted by Crippen LogP contribution is 2.30. The standard InChI is InChI=1S/C23H24N2O2/c26-23(24-27)10-6-17-5-7-18-11-13-25(16-21(18)15-17)14-12-20-9-8-19-3-1-2-4-22(19)20/h1-7,9-10,15,27H,8,11-14,16H2,(H,24,26)/b10-6+. The van der Waals surface area contributed by atoms with Crippen LogP contribution in [0.1, 0.15) is 34.2 Å². The van der Waals surface area contributed by atoms with Crippen molar-refractivity contribution < 1.29 is 10.0 Å². The Morgan fingerprint density at radius 3 is 2.93 bits per heavy atom. The molecule has 2 aromatic rings. The molecule has 1 aliphatic heterocycles. The summed E-state index contributed by atoms with van der Waals surface area (Å²) in [5.41, 5.74) is 9.65. The maximum absolute atomic E-state index is 11.2. The maximum atomic E-state index is 11.2. The van der Waals surface area contributed by atoms with Crippen LogP contribution in [0.4, 0.5) is 0 Å². The van der Waals surface area contributed by atoms with E-state index < -0.39 is 5.91 Å². The third-order valence-electron chi connectivity index (χ3n) is 5.49. The molecule has 2 N–H and O–H groups in total. The predicted molar refractivity (Wildman–Crippen MR) is 107 cm³/mol. The van der Waals surface area contributed by atoms with Gasteiger partial charge in [0.1, 0.15) is 0 Å². The van der Waals surface area contributed by atoms with Gasteiger partial charge in [-0.05, 0) is 58.7 Å². The molecule has 138 valence electrons. The summed E-state index contributed by atoms with van der Waals surface area (Å²) in [5.74, 6) is -0.514. The van der Waals surface area contributed by atoms with Crippen molar-refractivity contribution >= 4 is 17.6 Å². The molecule has 1 amide bonds. The fourth-order valence-corrected chi connectivity index (χ4v) is 4.01. The van der Waals surface area contributed by atoms with Crippen LogP contribution in [0.15, 0.2) is 54.6 Å². The number of rotatable bonds is 5. The number of carbonyl (C=O) groups is 1. The minimum absolute atomic E-state index is 0.514. The molecule has 0 aromatic heterocycles. The van der Waals surface area contributed by atoms with E-state index in [0.29, 0.717) is 0 Å². The Labute approximate surface area is 159 Å². The smallest absolute Gasteiger partial charge is 0.267 e. The number of hydrogen-bond donors (Lipinski definition) is 2. The minimum Gasteiger partial charge on any atom is -0.298 e. The van der Waals surface area contributed by atoms with Gasteiger partial charge in [-0.25, -0.2) is 5.48 Å². The van der Waals surface area contributed by atoms with Gasteiger partial charge >= 0.3 is 0 Å². The Balaban J connectivity index is 1.39. The molecule has 2 aromatic carbocycles. The van der Waals surface area contributed by atoms with Gasteiger partial charge in [-0.15, -0.1) is 0 Å². The highest BCUT2D eigenvalue weighted by molar-refractivity contribution is 5.90. The highest BCUT2D eigenvalue weighted by Gasteiger charge is 2.18. The molecule has 0 atom stereocenters. The van der Waals surface area contributed by atoms with Crippen molar-refractivity contribution in [3.8, 4) is 0 Å². The van der Waals surface area contributed by atoms with Gasteiger partial charge in [-0.1, -0.05) is 48.5 Å². The second kappa shape index (κ2) is 7.91. The van der Waals surface area contributed by atoms with Crippen LogP contribution in [-0.4, -0.2) is 29.1 Å². The lowest BCUT2D eigenvalue weighted by atomic mass is 9.96. The van der Waals surface area contributed by atoms with Crippen molar-refractivity contribution in [1.82, 2.24) is 10.4 Å². The van der Waals surface area contributed by atoms with Crippen molar-refractivity contribution in [2.75, 3.05) is 13.1 Å². The minimum atomic E-state index is -0.514. The van der Waals surface area contributed by atoms with Gasteiger partial charge in [-0.2, -0.15) is 0 Å². The van der Waals surface area contributed by atoms with Crippen LogP contribution in [0, 0.1) is 0 Å². The molecule has 4 nitrogen and oxygen atoms in total. The lowest BCUT2D eigenvalue weighted by Gasteiger charge is -2.29. The van der Waals surface area contributed by atoms with Crippen molar-refractivity contribution in [1.29, 1.82) is 0 Å². The fraction of sp³-hybridized carbons (Fsp3) is 0.261. The van der Waals surface area contributed by atoms with Crippen LogP contribution in [0.5, 0.6) is 0 Å². The molecule has 27 heavy (non-hydrogen) atoms. The summed E-state index contributed by atoms with van der Waals surface area (Å²) in [4.78, 5) is 13.7. The quantitative estimate of drug-likeness (QED) is 0.487. The number of benzene rings is 2. The SMILES string of the molecule is O=C(/C=C/c1ccc2c(c1)CN(CCC1=CCc3ccccc31)CC2)NO. The number of allylic oxidation sites excluding steroid dienone is 1. The van der Waals surface area contributed by atoms with Gasteiger partial charge in [0, 0.05) is 25.7 Å². The van der Waals surface area contributed by atoms with Crippen molar-refractivity contribution in [3.63, 3.8) is 0 Å². The van der Waals surface area contributed by atoms with E-state index in [-0.39, 0.29) is 0 Å². The van der Waals surface area contributed by atoms with Gasteiger partial charge in [0.25, 0.3) is 5.91 Å². The first-order valence-corrected chi connectivity index (χ1v) is 9.46. The van der Waals surface area contributed by atoms with E-state index in [1.54, 1.807) is 11.6 Å². The largest absolute Gasteiger partial charge is 0.298 e. The normalized spacial score (nSPS) is 16.1. The van der Waals surface area contributed by atoms with E-state index >= 15 is 0 Å². The van der Waals surface area contributed by atoms with Crippen molar-refractivity contribution in [2.45, 2.75) is 25.8 Å². The Kier molecular flexibility index (Phi) is 5.19. The molecule has 0 spiro atoms. The molecule has 1 heterocycles. The molecule has 1 aliphatic carbocycles. The molecule has 0 saturated heterocycles. The van der Waals surface area contributed by atoms with Crippen LogP contribution in [0.3, 0.4) is 0 Å². The van der Waals surface area contributed by atoms with Crippen LogP contribution in [0.2, 0.25) is 0 Å². The number of carbonyl (C=O) groups excluding carboxylic acids is 1. The van der Waals surface area contributed by atoms with Gasteiger partial charge in [-0.3, -0.25) is 14.9 Å². The summed E-state index contributed by atoms with van der Waals surface area (Å²) in [7, 11) is 0. The first-order chi connectivity index (χ1) is 13.2. The maximum Gasteiger partial charge on any atom is 0.267 e. The molecule has 0 fully saturated rings. The lowest BCUT2D eigenvalue weighted by Crippen LogP contribution is -2.31. The van der Waals surface area contributed by atoms with Crippen molar-refractivity contribution in [2.24, 2.45) is 0 Å². The average molecular weight is 360 g/mol. The Hall–Kier alpha value is -2.69. The molecule has 4 heteroatoms. The van der Waals surface area contributed by atoms with Crippen LogP contribution in [-0.2, 0) is 24.2 Å². The zero-order valence-corrected chi connectivity index (χ0v) is 15.3. The number of hydroxylamine groups is 1. The second-order valence-corrected chi connectivity index (χ2v) is 7.20. The second-order valence-electron chi connectivity index (χ2n) is 7.20. The number of fused-ring (bicyclic) bond motifs is 2. The van der Waals surface area contributed by atoms with Crippen molar-refractivity contribution in [3.05, 3.63) is 82.4 Å². The number of amides is 1. The van der Waals surface area contributed by atoms with Gasteiger partial charge in [0.05, 0.1) is 0 Å². The van der Waals surface area contributed by atoms with E-state index in [0.717, 1.165) is 44.5 Å². The van der Waals surface area contributed by atoms with Crippen LogP contribution in [0.25, 0.3) is 11.6 Å². The predicted octanol–water partition coefficient (Wildman–Crippen LogP) is 3.59. The van der Waals surface area contributed by atoms with E-state index in [4.69, 9.17) is 5.21 Å². The number of nitrogens with zero attached hydrogens (tertiary/aromatic N) is 1. The molecule has 0 unspecified atom stereocenters. The third kappa shape index (κ3) is 4.02. The monoisotopic (exact) mass is 360 g/mol. The zero-order chi connectivity index (χ0) is 18.6. The van der Waals surface area contributed by atoms with Gasteiger partial charge in [0.15, 0.2) is 0 Å². The van der Waals surface area contributed by atoms with E-state index in [1.807, 2.05) is 6.07 Å². The molecular weight excluding hydrogens is 336 g/mol. The first-order valence-electron chi connectivity index (χ1n) is 9.46. The van der Waals surface area contributed by atoms with Gasteiger partial charge in [0.2, 0.25) is 0 Å². The molecule has 0 bridgehead atoms. The summed E-state index contributed by atoms with van der Waals surface area (Å²) in [6.07, 6.45) is 8.65. The number of nitrogens with one attached hydrogen (secondary N) is 1. The molecule has 0 radical (unpaired) electrons. The van der Waals surface area contributed by atoms with Crippen LogP contribution < -0.4 is 5.48 Å².